The van der Waals surface area contributed by atoms with Gasteiger partial charge in [0.2, 0.25) is 5.91 Å². The van der Waals surface area contributed by atoms with Gasteiger partial charge in [0.25, 0.3) is 0 Å². The first-order valence-corrected chi connectivity index (χ1v) is 5.86. The van der Waals surface area contributed by atoms with Gasteiger partial charge in [0.05, 0.1) is 5.56 Å². The van der Waals surface area contributed by atoms with Crippen LogP contribution in [0.2, 0.25) is 0 Å². The molecule has 17 heavy (non-hydrogen) atoms. The number of nitrogens with one attached hydrogen (secondary N) is 1. The minimum absolute atomic E-state index is 0.113. The van der Waals surface area contributed by atoms with Crippen LogP contribution in [0, 0.1) is 0 Å². The SMILES string of the molecule is NCCCC(=O)Nc1ccc(Br)c(C(=O)O)c1. The van der Waals surface area contributed by atoms with E-state index in [0.717, 1.165) is 0 Å². The highest BCUT2D eigenvalue weighted by atomic mass is 79.9. The van der Waals surface area contributed by atoms with Crippen LogP contribution in [-0.4, -0.2) is 23.5 Å². The summed E-state index contributed by atoms with van der Waals surface area (Å²) < 4.78 is 0.477. The zero-order valence-electron chi connectivity index (χ0n) is 9.07. The lowest BCUT2D eigenvalue weighted by molar-refractivity contribution is -0.116. The molecule has 0 aliphatic carbocycles. The van der Waals surface area contributed by atoms with E-state index in [4.69, 9.17) is 10.8 Å². The van der Waals surface area contributed by atoms with Crippen LogP contribution in [0.4, 0.5) is 5.69 Å². The highest BCUT2D eigenvalue weighted by Crippen LogP contribution is 2.21. The van der Waals surface area contributed by atoms with Crippen LogP contribution in [0.25, 0.3) is 0 Å². The molecule has 0 bridgehead atoms. The van der Waals surface area contributed by atoms with E-state index >= 15 is 0 Å². The summed E-state index contributed by atoms with van der Waals surface area (Å²) in [6.07, 6.45) is 0.934. The Labute approximate surface area is 107 Å². The van der Waals surface area contributed by atoms with Gasteiger partial charge < -0.3 is 16.2 Å². The summed E-state index contributed by atoms with van der Waals surface area (Å²) in [6, 6.07) is 4.63. The molecule has 0 fully saturated rings. The Kier molecular flexibility index (Phi) is 5.11. The fourth-order valence-corrected chi connectivity index (χ4v) is 1.67. The summed E-state index contributed by atoms with van der Waals surface area (Å²) in [4.78, 5) is 22.3. The quantitative estimate of drug-likeness (QED) is 0.773. The number of rotatable bonds is 5. The molecule has 0 aliphatic heterocycles. The van der Waals surface area contributed by atoms with Gasteiger partial charge in [-0.25, -0.2) is 4.79 Å². The molecule has 0 saturated carbocycles. The van der Waals surface area contributed by atoms with Gasteiger partial charge in [-0.05, 0) is 47.1 Å². The van der Waals surface area contributed by atoms with Gasteiger partial charge in [-0.1, -0.05) is 0 Å². The number of carboxylic acids is 1. The minimum atomic E-state index is -1.05. The van der Waals surface area contributed by atoms with Crippen molar-refractivity contribution in [3.05, 3.63) is 28.2 Å². The Balaban J connectivity index is 2.75. The number of aromatic carboxylic acids is 1. The fourth-order valence-electron chi connectivity index (χ4n) is 1.25. The molecule has 1 aromatic carbocycles. The van der Waals surface area contributed by atoms with E-state index in [-0.39, 0.29) is 11.5 Å². The summed E-state index contributed by atoms with van der Waals surface area (Å²) in [6.45, 7) is 0.453. The molecule has 6 heteroatoms. The summed E-state index contributed by atoms with van der Waals surface area (Å²) in [5.41, 5.74) is 5.87. The van der Waals surface area contributed by atoms with Crippen molar-refractivity contribution in [1.29, 1.82) is 0 Å². The van der Waals surface area contributed by atoms with Gasteiger partial charge >= 0.3 is 5.97 Å². The predicted molar refractivity (Wildman–Crippen MR) is 68.0 cm³/mol. The van der Waals surface area contributed by atoms with Gasteiger partial charge in [0, 0.05) is 16.6 Å². The number of halogens is 1. The second-order valence-corrected chi connectivity index (χ2v) is 4.29. The van der Waals surface area contributed by atoms with Crippen LogP contribution >= 0.6 is 15.9 Å². The standard InChI is InChI=1S/C11H13BrN2O3/c12-9-4-3-7(6-8(9)11(16)17)14-10(15)2-1-5-13/h3-4,6H,1-2,5,13H2,(H,14,15)(H,16,17). The van der Waals surface area contributed by atoms with Crippen molar-refractivity contribution < 1.29 is 14.7 Å². The van der Waals surface area contributed by atoms with Crippen molar-refractivity contribution >= 4 is 33.5 Å². The second kappa shape index (κ2) is 6.36. The van der Waals surface area contributed by atoms with E-state index < -0.39 is 5.97 Å². The van der Waals surface area contributed by atoms with Crippen LogP contribution in [0.5, 0.6) is 0 Å². The van der Waals surface area contributed by atoms with Gasteiger partial charge in [0.15, 0.2) is 0 Å². The highest BCUT2D eigenvalue weighted by molar-refractivity contribution is 9.10. The molecule has 0 saturated heterocycles. The maximum atomic E-state index is 11.4. The Morgan fingerprint density at radius 1 is 1.41 bits per heavy atom. The first-order chi connectivity index (χ1) is 8.04. The summed E-state index contributed by atoms with van der Waals surface area (Å²) >= 11 is 3.13. The van der Waals surface area contributed by atoms with Crippen LogP contribution in [-0.2, 0) is 4.79 Å². The molecule has 0 aliphatic rings. The lowest BCUT2D eigenvalue weighted by Gasteiger charge is -2.06. The average molecular weight is 301 g/mol. The molecule has 5 nitrogen and oxygen atoms in total. The van der Waals surface area contributed by atoms with E-state index in [9.17, 15) is 9.59 Å². The maximum Gasteiger partial charge on any atom is 0.336 e. The van der Waals surface area contributed by atoms with Crippen LogP contribution in [0.3, 0.4) is 0 Å². The monoisotopic (exact) mass is 300 g/mol. The van der Waals surface area contributed by atoms with E-state index in [0.29, 0.717) is 29.5 Å². The van der Waals surface area contributed by atoms with E-state index in [1.165, 1.54) is 6.07 Å². The second-order valence-electron chi connectivity index (χ2n) is 3.44. The number of carbonyl (C=O) groups is 2. The number of hydrogen-bond donors (Lipinski definition) is 3. The predicted octanol–water partition coefficient (Wildman–Crippen LogP) is 1.82. The van der Waals surface area contributed by atoms with Crippen molar-refractivity contribution in [3.63, 3.8) is 0 Å². The summed E-state index contributed by atoms with van der Waals surface area (Å²) in [5.74, 6) is -1.22. The third-order valence-corrected chi connectivity index (χ3v) is 2.78. The van der Waals surface area contributed by atoms with Crippen LogP contribution < -0.4 is 11.1 Å². The van der Waals surface area contributed by atoms with Crippen LogP contribution in [0.15, 0.2) is 22.7 Å². The number of amides is 1. The van der Waals surface area contributed by atoms with E-state index in [2.05, 4.69) is 21.2 Å². The largest absolute Gasteiger partial charge is 0.478 e. The van der Waals surface area contributed by atoms with Gasteiger partial charge in [0.1, 0.15) is 0 Å². The smallest absolute Gasteiger partial charge is 0.336 e. The molecule has 0 unspecified atom stereocenters. The lowest BCUT2D eigenvalue weighted by atomic mass is 10.2. The molecule has 0 heterocycles. The third-order valence-electron chi connectivity index (χ3n) is 2.09. The number of carboxylic acid groups (broad SMARTS) is 1. The Morgan fingerprint density at radius 2 is 2.12 bits per heavy atom. The number of anilines is 1. The fraction of sp³-hybridized carbons (Fsp3) is 0.273. The molecule has 0 aromatic heterocycles. The molecule has 0 atom stereocenters. The van der Waals surface area contributed by atoms with Gasteiger partial charge in [-0.3, -0.25) is 4.79 Å². The first kappa shape index (κ1) is 13.7. The summed E-state index contributed by atoms with van der Waals surface area (Å²) in [5, 5.41) is 11.5. The average Bonchev–Trinajstić information content (AvgIpc) is 2.28. The Morgan fingerprint density at radius 3 is 2.71 bits per heavy atom. The zero-order chi connectivity index (χ0) is 12.8. The van der Waals surface area contributed by atoms with Gasteiger partial charge in [-0.2, -0.15) is 0 Å². The third kappa shape index (κ3) is 4.16. The number of nitrogens with two attached hydrogens (primary N) is 1. The topological polar surface area (TPSA) is 92.4 Å². The van der Waals surface area contributed by atoms with E-state index in [1.54, 1.807) is 12.1 Å². The van der Waals surface area contributed by atoms with Crippen molar-refractivity contribution in [2.75, 3.05) is 11.9 Å². The molecule has 0 radical (unpaired) electrons. The molecule has 4 N–H and O–H groups in total. The number of carbonyl (C=O) groups excluding carboxylic acids is 1. The zero-order valence-corrected chi connectivity index (χ0v) is 10.7. The summed E-state index contributed by atoms with van der Waals surface area (Å²) in [7, 11) is 0. The molecule has 1 rings (SSSR count). The Hall–Kier alpha value is -1.40. The molecule has 0 spiro atoms. The molecule has 92 valence electrons. The lowest BCUT2D eigenvalue weighted by Crippen LogP contribution is -2.13. The van der Waals surface area contributed by atoms with E-state index in [1.807, 2.05) is 0 Å². The van der Waals surface area contributed by atoms with Gasteiger partial charge in [-0.15, -0.1) is 0 Å². The molecular formula is C11H13BrN2O3. The minimum Gasteiger partial charge on any atom is -0.478 e. The van der Waals surface area contributed by atoms with Crippen molar-refractivity contribution in [2.45, 2.75) is 12.8 Å². The molecular weight excluding hydrogens is 288 g/mol. The number of benzene rings is 1. The maximum absolute atomic E-state index is 11.4. The first-order valence-electron chi connectivity index (χ1n) is 5.07. The van der Waals surface area contributed by atoms with Crippen LogP contribution in [0.1, 0.15) is 23.2 Å². The highest BCUT2D eigenvalue weighted by Gasteiger charge is 2.10. The van der Waals surface area contributed by atoms with Crippen molar-refractivity contribution in [1.82, 2.24) is 0 Å². The molecule has 1 aromatic rings. The Bertz CT molecular complexity index is 435. The molecule has 1 amide bonds. The number of hydrogen-bond acceptors (Lipinski definition) is 3. The van der Waals surface area contributed by atoms with Crippen molar-refractivity contribution in [2.24, 2.45) is 5.73 Å². The van der Waals surface area contributed by atoms with Crippen molar-refractivity contribution in [3.8, 4) is 0 Å². The normalized spacial score (nSPS) is 10.0.